The Morgan fingerprint density at radius 1 is 1.08 bits per heavy atom. The van der Waals surface area contributed by atoms with Crippen LogP contribution in [0, 0.1) is 13.8 Å². The van der Waals surface area contributed by atoms with Crippen LogP contribution in [0.5, 0.6) is 0 Å². The Morgan fingerprint density at radius 2 is 1.67 bits per heavy atom. The topological polar surface area (TPSA) is 50.2 Å². The molecule has 0 saturated heterocycles. The molecular formula is C17H18F3N3O. The maximum Gasteiger partial charge on any atom is 0.435 e. The second-order valence-corrected chi connectivity index (χ2v) is 5.02. The molecule has 0 radical (unpaired) electrons. The van der Waals surface area contributed by atoms with E-state index in [0.29, 0.717) is 16.8 Å². The van der Waals surface area contributed by atoms with E-state index in [-0.39, 0.29) is 11.3 Å². The van der Waals surface area contributed by atoms with Crippen LogP contribution in [0.1, 0.15) is 30.8 Å². The van der Waals surface area contributed by atoms with E-state index >= 15 is 0 Å². The molecule has 0 bridgehead atoms. The maximum absolute atomic E-state index is 13.3. The van der Waals surface area contributed by atoms with E-state index in [1.165, 1.54) is 0 Å². The zero-order chi connectivity index (χ0) is 18.1. The van der Waals surface area contributed by atoms with Crippen molar-refractivity contribution >= 4 is 5.65 Å². The average Bonchev–Trinajstić information content (AvgIpc) is 2.95. The number of rotatable bonds is 1. The Labute approximate surface area is 137 Å². The molecular weight excluding hydrogens is 319 g/mol. The molecule has 2 heterocycles. The zero-order valence-electron chi connectivity index (χ0n) is 13.8. The fourth-order valence-corrected chi connectivity index (χ4v) is 2.33. The van der Waals surface area contributed by atoms with Crippen molar-refractivity contribution in [2.45, 2.75) is 33.9 Å². The Kier molecular flexibility index (Phi) is 4.82. The number of imidazole rings is 1. The van der Waals surface area contributed by atoms with Crippen LogP contribution < -0.4 is 5.43 Å². The highest BCUT2D eigenvalue weighted by atomic mass is 19.4. The number of halogens is 3. The number of alkyl halides is 3. The largest absolute Gasteiger partial charge is 0.435 e. The van der Waals surface area contributed by atoms with Gasteiger partial charge in [-0.2, -0.15) is 13.2 Å². The van der Waals surface area contributed by atoms with Crippen molar-refractivity contribution in [3.63, 3.8) is 0 Å². The van der Waals surface area contributed by atoms with Crippen molar-refractivity contribution in [3.8, 4) is 11.3 Å². The molecule has 0 aliphatic heterocycles. The predicted octanol–water partition coefficient (Wildman–Crippen LogP) is 4.35. The lowest BCUT2D eigenvalue weighted by Gasteiger charge is -2.09. The van der Waals surface area contributed by atoms with E-state index in [9.17, 15) is 18.0 Å². The number of nitrogens with zero attached hydrogens (tertiary/aromatic N) is 2. The van der Waals surface area contributed by atoms with Gasteiger partial charge in [0, 0.05) is 16.8 Å². The quantitative estimate of drug-likeness (QED) is 0.718. The fraction of sp³-hybridized carbons (Fsp3) is 0.294. The standard InChI is InChI=1S/C15H12F3N3O.C2H6/c1-8-9(2)20-21-11(10-6-4-3-5-7-10)13(15(16,17)18)19-14(21)12(8)22;1-2/h3-7,20H,1-2H3;1-2H3. The van der Waals surface area contributed by atoms with E-state index < -0.39 is 17.3 Å². The second-order valence-electron chi connectivity index (χ2n) is 5.02. The lowest BCUT2D eigenvalue weighted by atomic mass is 10.1. The van der Waals surface area contributed by atoms with Gasteiger partial charge in [-0.1, -0.05) is 44.2 Å². The monoisotopic (exact) mass is 337 g/mol. The average molecular weight is 337 g/mol. The summed E-state index contributed by atoms with van der Waals surface area (Å²) < 4.78 is 41.1. The first-order valence-electron chi connectivity index (χ1n) is 7.55. The van der Waals surface area contributed by atoms with E-state index in [0.717, 1.165) is 4.52 Å². The molecule has 0 unspecified atom stereocenters. The first-order chi connectivity index (χ1) is 11.3. The maximum atomic E-state index is 13.3. The third-order valence-electron chi connectivity index (χ3n) is 3.58. The Hall–Kier alpha value is -2.57. The van der Waals surface area contributed by atoms with Gasteiger partial charge >= 0.3 is 6.18 Å². The van der Waals surface area contributed by atoms with Crippen LogP contribution in [0.3, 0.4) is 0 Å². The van der Waals surface area contributed by atoms with Crippen molar-refractivity contribution in [2.75, 3.05) is 0 Å². The number of hydrogen-bond donors (Lipinski definition) is 1. The van der Waals surface area contributed by atoms with E-state index in [4.69, 9.17) is 0 Å². The molecule has 0 amide bonds. The summed E-state index contributed by atoms with van der Waals surface area (Å²) >= 11 is 0. The van der Waals surface area contributed by atoms with Crippen molar-refractivity contribution in [1.82, 2.24) is 14.6 Å². The van der Waals surface area contributed by atoms with Crippen LogP contribution in [-0.4, -0.2) is 14.6 Å². The Balaban J connectivity index is 0.00000100. The molecule has 3 rings (SSSR count). The SMILES string of the molecule is CC.Cc1[nH]n2c(-c3ccccc3)c(C(F)(F)F)nc2c(=O)c1C. The number of H-pyrrole nitrogens is 1. The van der Waals surface area contributed by atoms with Crippen molar-refractivity contribution < 1.29 is 13.2 Å². The molecule has 4 nitrogen and oxygen atoms in total. The molecule has 0 aliphatic rings. The summed E-state index contributed by atoms with van der Waals surface area (Å²) in [6, 6.07) is 8.07. The van der Waals surface area contributed by atoms with Gasteiger partial charge in [0.2, 0.25) is 11.1 Å². The van der Waals surface area contributed by atoms with Crippen molar-refractivity contribution in [2.24, 2.45) is 0 Å². The summed E-state index contributed by atoms with van der Waals surface area (Å²) in [5.41, 5.74) is -0.813. The number of aryl methyl sites for hydroxylation is 1. The Bertz CT molecular complexity index is 909. The molecule has 0 atom stereocenters. The van der Waals surface area contributed by atoms with Crippen LogP contribution >= 0.6 is 0 Å². The van der Waals surface area contributed by atoms with Gasteiger partial charge < -0.3 is 0 Å². The number of nitrogens with one attached hydrogen (secondary N) is 1. The zero-order valence-corrected chi connectivity index (χ0v) is 13.8. The number of hydrogen-bond acceptors (Lipinski definition) is 2. The molecule has 24 heavy (non-hydrogen) atoms. The highest BCUT2D eigenvalue weighted by Gasteiger charge is 2.39. The minimum Gasteiger partial charge on any atom is -0.296 e. The summed E-state index contributed by atoms with van der Waals surface area (Å²) in [5.74, 6) is 0. The molecule has 0 fully saturated rings. The van der Waals surface area contributed by atoms with Gasteiger partial charge in [0.15, 0.2) is 5.69 Å². The highest BCUT2D eigenvalue weighted by molar-refractivity contribution is 5.67. The van der Waals surface area contributed by atoms with Crippen molar-refractivity contribution in [3.05, 3.63) is 57.5 Å². The normalized spacial score (nSPS) is 11.3. The molecule has 7 heteroatoms. The minimum atomic E-state index is -4.65. The van der Waals surface area contributed by atoms with Crippen LogP contribution in [0.2, 0.25) is 0 Å². The molecule has 0 aliphatic carbocycles. The highest BCUT2D eigenvalue weighted by Crippen LogP contribution is 2.36. The number of aromatic nitrogens is 3. The molecule has 1 N–H and O–H groups in total. The van der Waals surface area contributed by atoms with Gasteiger partial charge in [-0.25, -0.2) is 9.50 Å². The first kappa shape index (κ1) is 17.8. The third kappa shape index (κ3) is 2.93. The predicted molar refractivity (Wildman–Crippen MR) is 87.1 cm³/mol. The van der Waals surface area contributed by atoms with E-state index in [1.54, 1.807) is 44.2 Å². The minimum absolute atomic E-state index is 0.164. The first-order valence-corrected chi connectivity index (χ1v) is 7.55. The molecule has 128 valence electrons. The molecule has 0 saturated carbocycles. The number of fused-ring (bicyclic) bond motifs is 1. The van der Waals surface area contributed by atoms with E-state index in [1.807, 2.05) is 13.8 Å². The smallest absolute Gasteiger partial charge is 0.296 e. The second kappa shape index (κ2) is 6.51. The molecule has 1 aromatic carbocycles. The summed E-state index contributed by atoms with van der Waals surface area (Å²) in [5, 5.41) is 2.81. The molecule has 2 aromatic heterocycles. The van der Waals surface area contributed by atoms with Gasteiger partial charge in [0.05, 0.1) is 0 Å². The summed E-state index contributed by atoms with van der Waals surface area (Å²) in [6.07, 6.45) is -4.65. The summed E-state index contributed by atoms with van der Waals surface area (Å²) in [7, 11) is 0. The van der Waals surface area contributed by atoms with Crippen LogP contribution in [0.15, 0.2) is 35.1 Å². The lowest BCUT2D eigenvalue weighted by Crippen LogP contribution is -2.14. The van der Waals surface area contributed by atoms with Gasteiger partial charge in [0.25, 0.3) is 0 Å². The van der Waals surface area contributed by atoms with Crippen molar-refractivity contribution in [1.29, 1.82) is 0 Å². The Morgan fingerprint density at radius 3 is 2.21 bits per heavy atom. The van der Waals surface area contributed by atoms with Gasteiger partial charge in [0.1, 0.15) is 5.69 Å². The molecule has 3 aromatic rings. The van der Waals surface area contributed by atoms with Gasteiger partial charge in [-0.3, -0.25) is 9.89 Å². The van der Waals surface area contributed by atoms with Gasteiger partial charge in [-0.05, 0) is 13.8 Å². The lowest BCUT2D eigenvalue weighted by molar-refractivity contribution is -0.140. The number of benzene rings is 1. The third-order valence-corrected chi connectivity index (χ3v) is 3.58. The fourth-order valence-electron chi connectivity index (χ4n) is 2.33. The van der Waals surface area contributed by atoms with Crippen LogP contribution in [0.25, 0.3) is 16.9 Å². The van der Waals surface area contributed by atoms with E-state index in [2.05, 4.69) is 10.1 Å². The summed E-state index contributed by atoms with van der Waals surface area (Å²) in [6.45, 7) is 7.19. The van der Waals surface area contributed by atoms with Crippen LogP contribution in [0.4, 0.5) is 13.2 Å². The van der Waals surface area contributed by atoms with Crippen LogP contribution in [-0.2, 0) is 6.18 Å². The number of aromatic amines is 1. The van der Waals surface area contributed by atoms with Gasteiger partial charge in [-0.15, -0.1) is 0 Å². The molecule has 0 spiro atoms. The summed E-state index contributed by atoms with van der Waals surface area (Å²) in [4.78, 5) is 15.8.